The minimum Gasteiger partial charge on any atom is -0.324 e. The Hall–Kier alpha value is -0.400. The van der Waals surface area contributed by atoms with Gasteiger partial charge >= 0.3 is 23.9 Å². The molecule has 0 rings (SSSR count). The Morgan fingerprint density at radius 2 is 1.17 bits per heavy atom. The maximum Gasteiger partial charge on any atom is 0.460 e. The van der Waals surface area contributed by atoms with Gasteiger partial charge in [0.25, 0.3) is 0 Å². The van der Waals surface area contributed by atoms with Crippen LogP contribution < -0.4 is 0 Å². The molecule has 0 unspecified atom stereocenters. The third kappa shape index (κ3) is 4.79. The Morgan fingerprint density at radius 3 is 1.52 bits per heavy atom. The largest absolute Gasteiger partial charge is 0.460 e. The lowest BCUT2D eigenvalue weighted by molar-refractivity contribution is -0.396. The van der Waals surface area contributed by atoms with Crippen LogP contribution in [0.5, 0.6) is 0 Å². The van der Waals surface area contributed by atoms with Gasteiger partial charge < -0.3 is 4.57 Å². The van der Waals surface area contributed by atoms with Gasteiger partial charge in [-0.3, -0.25) is 0 Å². The van der Waals surface area contributed by atoms with E-state index >= 15 is 0 Å². The number of halogens is 9. The molecule has 0 aromatic rings. The zero-order valence-corrected chi connectivity index (χ0v) is 13.4. The van der Waals surface area contributed by atoms with Crippen LogP contribution in [0.25, 0.3) is 0 Å². The van der Waals surface area contributed by atoms with Gasteiger partial charge in [0.05, 0.1) is 7.14 Å². The normalized spacial score (nSPS) is 15.1. The molecule has 23 heavy (non-hydrogen) atoms. The summed E-state index contributed by atoms with van der Waals surface area (Å²) in [5.74, 6) is -18.9. The lowest BCUT2D eigenvalue weighted by Gasteiger charge is -2.33. The summed E-state index contributed by atoms with van der Waals surface area (Å²) >= 11 is 0. The molecule has 0 aromatic carbocycles. The topological polar surface area (TPSA) is 17.1 Å². The molecule has 0 saturated heterocycles. The van der Waals surface area contributed by atoms with E-state index in [1.165, 1.54) is 0 Å². The maximum absolute atomic E-state index is 13.2. The van der Waals surface area contributed by atoms with Crippen molar-refractivity contribution in [3.63, 3.8) is 0 Å². The second kappa shape index (κ2) is 7.23. The Morgan fingerprint density at radius 1 is 0.739 bits per heavy atom. The van der Waals surface area contributed by atoms with Gasteiger partial charge in [-0.15, -0.1) is 0 Å². The van der Waals surface area contributed by atoms with E-state index in [1.54, 1.807) is 13.8 Å². The van der Waals surface area contributed by atoms with Gasteiger partial charge in [0, 0.05) is 12.6 Å². The molecule has 0 spiro atoms. The molecular formula is C12H18F9OP. The fourth-order valence-electron chi connectivity index (χ4n) is 1.85. The second-order valence-corrected chi connectivity index (χ2v) is 9.05. The van der Waals surface area contributed by atoms with Crippen LogP contribution in [-0.2, 0) is 4.57 Å². The molecule has 0 amide bonds. The van der Waals surface area contributed by atoms with Gasteiger partial charge in [-0.25, -0.2) is 0 Å². The summed E-state index contributed by atoms with van der Waals surface area (Å²) in [5, 5.41) is 0. The molecule has 0 aromatic heterocycles. The van der Waals surface area contributed by atoms with Gasteiger partial charge in [-0.1, -0.05) is 13.8 Å². The fraction of sp³-hybridized carbons (Fsp3) is 1.00. The van der Waals surface area contributed by atoms with Gasteiger partial charge in [0.1, 0.15) is 0 Å². The summed E-state index contributed by atoms with van der Waals surface area (Å²) in [6.45, 7) is 3.19. The number of alkyl halides is 9. The summed E-state index contributed by atoms with van der Waals surface area (Å²) in [5.41, 5.74) is 0. The summed E-state index contributed by atoms with van der Waals surface area (Å²) < 4.78 is 125. The van der Waals surface area contributed by atoms with Gasteiger partial charge in [0.2, 0.25) is 0 Å². The molecule has 1 nitrogen and oxygen atoms in total. The van der Waals surface area contributed by atoms with Crippen molar-refractivity contribution in [3.05, 3.63) is 0 Å². The zero-order valence-electron chi connectivity index (χ0n) is 12.5. The van der Waals surface area contributed by atoms with E-state index in [9.17, 15) is 44.1 Å². The fourth-order valence-corrected chi connectivity index (χ4v) is 3.73. The Kier molecular flexibility index (Phi) is 7.11. The van der Waals surface area contributed by atoms with Crippen LogP contribution >= 0.6 is 7.14 Å². The van der Waals surface area contributed by atoms with E-state index in [-0.39, 0.29) is 24.9 Å². The third-order valence-corrected chi connectivity index (χ3v) is 7.11. The van der Waals surface area contributed by atoms with Crippen molar-refractivity contribution in [1.29, 1.82) is 0 Å². The average molecular weight is 380 g/mol. The van der Waals surface area contributed by atoms with Crippen molar-refractivity contribution in [3.8, 4) is 0 Å². The van der Waals surface area contributed by atoms with Gasteiger partial charge in [-0.2, -0.15) is 39.5 Å². The molecule has 0 N–H and O–H groups in total. The third-order valence-electron chi connectivity index (χ3n) is 3.67. The lowest BCUT2D eigenvalue weighted by atomic mass is 9.99. The molecule has 0 saturated carbocycles. The SMILES string of the molecule is CCP(=O)(CC)CCCCC(F)(F)C(F)(F)C(F)(F)C(F)(F)F. The van der Waals surface area contributed by atoms with Crippen molar-refractivity contribution in [2.45, 2.75) is 57.1 Å². The van der Waals surface area contributed by atoms with Crippen LogP contribution in [0.3, 0.4) is 0 Å². The quantitative estimate of drug-likeness (QED) is 0.271. The number of unbranched alkanes of at least 4 members (excludes halogenated alkanes) is 1. The molecule has 0 aliphatic heterocycles. The molecule has 0 radical (unpaired) electrons. The van der Waals surface area contributed by atoms with Crippen molar-refractivity contribution >= 4 is 7.14 Å². The van der Waals surface area contributed by atoms with E-state index in [1.807, 2.05) is 0 Å². The van der Waals surface area contributed by atoms with E-state index in [0.29, 0.717) is 0 Å². The second-order valence-electron chi connectivity index (χ2n) is 5.22. The van der Waals surface area contributed by atoms with Crippen LogP contribution in [0.1, 0.15) is 33.1 Å². The first kappa shape index (κ1) is 22.6. The van der Waals surface area contributed by atoms with Crippen molar-refractivity contribution in [2.24, 2.45) is 0 Å². The monoisotopic (exact) mass is 380 g/mol. The molecule has 0 bridgehead atoms. The highest BCUT2D eigenvalue weighted by Gasteiger charge is 2.81. The van der Waals surface area contributed by atoms with Crippen molar-refractivity contribution < 1.29 is 44.1 Å². The number of hydrogen-bond donors (Lipinski definition) is 0. The smallest absolute Gasteiger partial charge is 0.324 e. The van der Waals surface area contributed by atoms with Crippen molar-refractivity contribution in [1.82, 2.24) is 0 Å². The van der Waals surface area contributed by atoms with Crippen LogP contribution in [0.2, 0.25) is 0 Å². The summed E-state index contributed by atoms with van der Waals surface area (Å²) in [4.78, 5) is 0. The van der Waals surface area contributed by atoms with E-state index in [4.69, 9.17) is 0 Å². The number of hydrogen-bond acceptors (Lipinski definition) is 1. The molecule has 0 aliphatic carbocycles. The summed E-state index contributed by atoms with van der Waals surface area (Å²) in [6, 6.07) is 0. The Balaban J connectivity index is 4.91. The first-order valence-corrected chi connectivity index (χ1v) is 9.11. The van der Waals surface area contributed by atoms with Crippen LogP contribution in [0.15, 0.2) is 0 Å². The highest BCUT2D eigenvalue weighted by Crippen LogP contribution is 2.54. The summed E-state index contributed by atoms with van der Waals surface area (Å²) in [6.07, 6.45) is -9.11. The van der Waals surface area contributed by atoms with E-state index in [0.717, 1.165) is 0 Å². The van der Waals surface area contributed by atoms with Gasteiger partial charge in [-0.05, 0) is 25.2 Å². The van der Waals surface area contributed by atoms with Crippen molar-refractivity contribution in [2.75, 3.05) is 18.5 Å². The standard InChI is InChI=1S/C12H18F9OP/c1-3-23(22,4-2)8-6-5-7-9(13,14)10(15,16)11(17,18)12(19,20)21/h3-8H2,1-2H3. The number of rotatable bonds is 9. The molecule has 0 atom stereocenters. The molecule has 0 heterocycles. The first-order valence-electron chi connectivity index (χ1n) is 6.85. The molecule has 0 fully saturated rings. The molecule has 140 valence electrons. The average Bonchev–Trinajstić information content (AvgIpc) is 2.41. The van der Waals surface area contributed by atoms with Crippen LogP contribution in [0, 0.1) is 0 Å². The van der Waals surface area contributed by atoms with Gasteiger partial charge in [0.15, 0.2) is 0 Å². The predicted molar refractivity (Wildman–Crippen MR) is 68.3 cm³/mol. The highest BCUT2D eigenvalue weighted by atomic mass is 31.2. The predicted octanol–water partition coefficient (Wildman–Crippen LogP) is 6.03. The first-order chi connectivity index (χ1) is 10.1. The Labute approximate surface area is 128 Å². The zero-order chi connectivity index (χ0) is 18.7. The molecule has 11 heteroatoms. The maximum atomic E-state index is 13.2. The van der Waals surface area contributed by atoms with Crippen LogP contribution in [0.4, 0.5) is 39.5 Å². The molecule has 0 aliphatic rings. The lowest BCUT2D eigenvalue weighted by Crippen LogP contribution is -2.60. The summed E-state index contributed by atoms with van der Waals surface area (Å²) in [7, 11) is -2.62. The minimum absolute atomic E-state index is 0.0443. The van der Waals surface area contributed by atoms with Crippen LogP contribution in [-0.4, -0.2) is 42.4 Å². The Bertz CT molecular complexity index is 423. The minimum atomic E-state index is -6.84. The van der Waals surface area contributed by atoms with E-state index in [2.05, 4.69) is 0 Å². The van der Waals surface area contributed by atoms with E-state index < -0.39 is 43.9 Å². The molecular weight excluding hydrogens is 362 g/mol. The highest BCUT2D eigenvalue weighted by molar-refractivity contribution is 7.63.